The predicted octanol–water partition coefficient (Wildman–Crippen LogP) is 1.63. The summed E-state index contributed by atoms with van der Waals surface area (Å²) in [6.07, 6.45) is 4.63. The molecule has 1 aromatic carbocycles. The van der Waals surface area contributed by atoms with Crippen LogP contribution in [0.2, 0.25) is 0 Å². The van der Waals surface area contributed by atoms with E-state index >= 15 is 0 Å². The van der Waals surface area contributed by atoms with Gasteiger partial charge in [-0.2, -0.15) is 0 Å². The molecule has 2 N–H and O–H groups in total. The molecule has 3 heterocycles. The second kappa shape index (κ2) is 9.81. The molecule has 33 heavy (non-hydrogen) atoms. The number of ether oxygens (including phenoxy) is 1. The van der Waals surface area contributed by atoms with Gasteiger partial charge in [0.15, 0.2) is 0 Å². The SMILES string of the molecule is O=C(NS(=O)(=O)c1ccc(NCC2CCN(C3COC3)CC2)c([N+](=O)[O-])c1)c1cccnc1. The number of hydrogen-bond acceptors (Lipinski definition) is 9. The summed E-state index contributed by atoms with van der Waals surface area (Å²) in [7, 11) is -4.30. The van der Waals surface area contributed by atoms with Crippen molar-refractivity contribution in [3.8, 4) is 0 Å². The fourth-order valence-electron chi connectivity index (χ4n) is 3.93. The highest BCUT2D eigenvalue weighted by atomic mass is 32.2. The fourth-order valence-corrected chi connectivity index (χ4v) is 4.92. The molecule has 0 atom stereocenters. The first-order chi connectivity index (χ1) is 15.8. The number of sulfonamides is 1. The number of piperidine rings is 1. The van der Waals surface area contributed by atoms with Gasteiger partial charge in [0.25, 0.3) is 21.6 Å². The second-order valence-electron chi connectivity index (χ2n) is 8.16. The first kappa shape index (κ1) is 23.1. The highest BCUT2D eigenvalue weighted by Gasteiger charge is 2.30. The minimum atomic E-state index is -4.30. The predicted molar refractivity (Wildman–Crippen MR) is 119 cm³/mol. The van der Waals surface area contributed by atoms with E-state index < -0.39 is 20.9 Å². The number of nitrogens with one attached hydrogen (secondary N) is 2. The van der Waals surface area contributed by atoms with E-state index in [1.54, 1.807) is 0 Å². The van der Waals surface area contributed by atoms with Gasteiger partial charge in [-0.3, -0.25) is 24.8 Å². The number of nitro benzene ring substituents is 1. The summed E-state index contributed by atoms with van der Waals surface area (Å²) in [4.78, 5) is 29.0. The smallest absolute Gasteiger partial charge is 0.293 e. The molecule has 176 valence electrons. The molecule has 2 aliphatic rings. The Hall–Kier alpha value is -3.09. The summed E-state index contributed by atoms with van der Waals surface area (Å²) in [6.45, 7) is 4.06. The Balaban J connectivity index is 1.40. The van der Waals surface area contributed by atoms with Crippen LogP contribution < -0.4 is 10.0 Å². The molecule has 0 radical (unpaired) electrons. The fraction of sp³-hybridized carbons (Fsp3) is 0.429. The molecule has 1 aromatic heterocycles. The largest absolute Gasteiger partial charge is 0.379 e. The molecule has 12 heteroatoms. The van der Waals surface area contributed by atoms with Gasteiger partial charge < -0.3 is 10.1 Å². The van der Waals surface area contributed by atoms with E-state index in [9.17, 15) is 23.3 Å². The van der Waals surface area contributed by atoms with Crippen molar-refractivity contribution in [1.29, 1.82) is 0 Å². The number of nitrogens with zero attached hydrogens (tertiary/aromatic N) is 3. The van der Waals surface area contributed by atoms with Crippen molar-refractivity contribution >= 4 is 27.3 Å². The van der Waals surface area contributed by atoms with Gasteiger partial charge >= 0.3 is 0 Å². The Morgan fingerprint density at radius 1 is 1.24 bits per heavy atom. The minimum absolute atomic E-state index is 0.0599. The number of nitro groups is 1. The van der Waals surface area contributed by atoms with Crippen molar-refractivity contribution < 1.29 is 22.9 Å². The van der Waals surface area contributed by atoms with Crippen LogP contribution in [-0.4, -0.2) is 68.0 Å². The number of pyridine rings is 1. The average Bonchev–Trinajstić information content (AvgIpc) is 2.77. The zero-order valence-corrected chi connectivity index (χ0v) is 18.7. The van der Waals surface area contributed by atoms with Crippen LogP contribution in [0.25, 0.3) is 0 Å². The summed E-state index contributed by atoms with van der Waals surface area (Å²) < 4.78 is 32.4. The van der Waals surface area contributed by atoms with Gasteiger partial charge in [-0.25, -0.2) is 13.1 Å². The lowest BCUT2D eigenvalue weighted by Gasteiger charge is -2.41. The number of amides is 1. The van der Waals surface area contributed by atoms with E-state index in [0.717, 1.165) is 45.2 Å². The van der Waals surface area contributed by atoms with Crippen LogP contribution >= 0.6 is 0 Å². The number of rotatable bonds is 8. The van der Waals surface area contributed by atoms with Gasteiger partial charge in [0.05, 0.1) is 34.6 Å². The zero-order chi connectivity index (χ0) is 23.4. The van der Waals surface area contributed by atoms with E-state index in [0.29, 0.717) is 18.5 Å². The van der Waals surface area contributed by atoms with E-state index in [2.05, 4.69) is 15.2 Å². The Kier molecular flexibility index (Phi) is 6.86. The van der Waals surface area contributed by atoms with Crippen molar-refractivity contribution in [2.75, 3.05) is 38.2 Å². The summed E-state index contributed by atoms with van der Waals surface area (Å²) in [5.74, 6) is -0.503. The molecule has 0 saturated carbocycles. The van der Waals surface area contributed by atoms with Crippen molar-refractivity contribution in [1.82, 2.24) is 14.6 Å². The van der Waals surface area contributed by atoms with E-state index in [-0.39, 0.29) is 21.8 Å². The standard InChI is InChI=1S/C21H25N5O6S/c27-21(16-2-1-7-22-12-16)24-33(30,31)18-3-4-19(20(10-18)26(28)29)23-11-15-5-8-25(9-6-15)17-13-32-14-17/h1-4,7,10,12,15,17,23H,5-6,8-9,11,13-14H2,(H,24,27). The molecule has 0 bridgehead atoms. The molecular formula is C21H25N5O6S. The third kappa shape index (κ3) is 5.46. The zero-order valence-electron chi connectivity index (χ0n) is 17.8. The van der Waals surface area contributed by atoms with Gasteiger partial charge in [-0.05, 0) is 56.1 Å². The van der Waals surface area contributed by atoms with Crippen molar-refractivity contribution in [2.24, 2.45) is 5.92 Å². The summed E-state index contributed by atoms with van der Waals surface area (Å²) in [5.41, 5.74) is -0.0622. The Bertz CT molecular complexity index is 1120. The van der Waals surface area contributed by atoms with Gasteiger partial charge in [0, 0.05) is 25.0 Å². The third-order valence-corrected chi connectivity index (χ3v) is 7.32. The molecule has 0 spiro atoms. The van der Waals surface area contributed by atoms with Crippen LogP contribution in [0.4, 0.5) is 11.4 Å². The highest BCUT2D eigenvalue weighted by molar-refractivity contribution is 7.90. The number of carbonyl (C=O) groups is 1. The number of carbonyl (C=O) groups excluding carboxylic acids is 1. The van der Waals surface area contributed by atoms with Gasteiger partial charge in [-0.1, -0.05) is 0 Å². The average molecular weight is 476 g/mol. The molecular weight excluding hydrogens is 450 g/mol. The maximum Gasteiger partial charge on any atom is 0.293 e. The maximum absolute atomic E-state index is 12.6. The molecule has 11 nitrogen and oxygen atoms in total. The topological polar surface area (TPSA) is 144 Å². The number of likely N-dealkylation sites (tertiary alicyclic amines) is 1. The van der Waals surface area contributed by atoms with E-state index in [1.165, 1.54) is 36.7 Å². The highest BCUT2D eigenvalue weighted by Crippen LogP contribution is 2.29. The lowest BCUT2D eigenvalue weighted by Crippen LogP contribution is -2.52. The van der Waals surface area contributed by atoms with Crippen molar-refractivity contribution in [2.45, 2.75) is 23.8 Å². The van der Waals surface area contributed by atoms with Crippen LogP contribution in [0, 0.1) is 16.0 Å². The van der Waals surface area contributed by atoms with Crippen LogP contribution in [0.15, 0.2) is 47.6 Å². The van der Waals surface area contributed by atoms with Gasteiger partial charge in [0.2, 0.25) is 0 Å². The summed E-state index contributed by atoms with van der Waals surface area (Å²) >= 11 is 0. The van der Waals surface area contributed by atoms with Gasteiger partial charge in [0.1, 0.15) is 5.69 Å². The Morgan fingerprint density at radius 3 is 2.61 bits per heavy atom. The molecule has 0 aliphatic carbocycles. The number of aromatic nitrogens is 1. The number of benzene rings is 1. The van der Waals surface area contributed by atoms with Crippen LogP contribution in [-0.2, 0) is 14.8 Å². The van der Waals surface area contributed by atoms with Gasteiger partial charge in [-0.15, -0.1) is 0 Å². The third-order valence-electron chi connectivity index (χ3n) is 5.99. The number of hydrogen-bond donors (Lipinski definition) is 2. The molecule has 2 saturated heterocycles. The van der Waals surface area contributed by atoms with E-state index in [4.69, 9.17) is 4.74 Å². The summed E-state index contributed by atoms with van der Waals surface area (Å²) in [5, 5.41) is 14.7. The maximum atomic E-state index is 12.6. The quantitative estimate of drug-likeness (QED) is 0.430. The lowest BCUT2D eigenvalue weighted by molar-refractivity contribution is -0.384. The van der Waals surface area contributed by atoms with Crippen LogP contribution in [0.3, 0.4) is 0 Å². The lowest BCUT2D eigenvalue weighted by atomic mass is 9.95. The molecule has 2 aliphatic heterocycles. The molecule has 2 aromatic rings. The molecule has 1 amide bonds. The minimum Gasteiger partial charge on any atom is -0.379 e. The molecule has 2 fully saturated rings. The van der Waals surface area contributed by atoms with E-state index in [1.807, 2.05) is 4.72 Å². The Labute approximate surface area is 191 Å². The number of anilines is 1. The van der Waals surface area contributed by atoms with Crippen molar-refractivity contribution in [3.05, 3.63) is 58.4 Å². The second-order valence-corrected chi connectivity index (χ2v) is 9.85. The molecule has 0 unspecified atom stereocenters. The Morgan fingerprint density at radius 2 is 2.00 bits per heavy atom. The van der Waals surface area contributed by atoms with Crippen LogP contribution in [0.1, 0.15) is 23.2 Å². The normalized spacial score (nSPS) is 17.8. The van der Waals surface area contributed by atoms with Crippen LogP contribution in [0.5, 0.6) is 0 Å². The monoisotopic (exact) mass is 475 g/mol. The summed E-state index contributed by atoms with van der Waals surface area (Å²) in [6, 6.07) is 6.99. The first-order valence-electron chi connectivity index (χ1n) is 10.6. The first-order valence-corrected chi connectivity index (χ1v) is 12.1. The van der Waals surface area contributed by atoms with Crippen molar-refractivity contribution in [3.63, 3.8) is 0 Å². The molecule has 4 rings (SSSR count).